The molecule has 16 heavy (non-hydrogen) atoms. The van der Waals surface area contributed by atoms with Crippen LogP contribution < -0.4 is 0 Å². The Labute approximate surface area is 93.8 Å². The molecular formula is C12H14O4. The Kier molecular flexibility index (Phi) is 4.69. The number of aliphatic hydroxyl groups excluding tert-OH is 2. The summed E-state index contributed by atoms with van der Waals surface area (Å²) in [4.78, 5) is 11.4. The van der Waals surface area contributed by atoms with Crippen molar-refractivity contribution in [3.8, 4) is 0 Å². The van der Waals surface area contributed by atoms with Crippen LogP contribution in [0.2, 0.25) is 0 Å². The van der Waals surface area contributed by atoms with Crippen molar-refractivity contribution in [1.82, 2.24) is 0 Å². The average Bonchev–Trinajstić information content (AvgIpc) is 2.35. The maximum atomic E-state index is 11.4. The van der Waals surface area contributed by atoms with E-state index >= 15 is 0 Å². The summed E-state index contributed by atoms with van der Waals surface area (Å²) in [5, 5.41) is 17.5. The molecule has 4 nitrogen and oxygen atoms in total. The summed E-state index contributed by atoms with van der Waals surface area (Å²) in [6.07, 6.45) is -1.05. The summed E-state index contributed by atoms with van der Waals surface area (Å²) >= 11 is 0. The third-order valence-electron chi connectivity index (χ3n) is 1.99. The van der Waals surface area contributed by atoms with Crippen molar-refractivity contribution >= 4 is 11.5 Å². The molecular weight excluding hydrogens is 208 g/mol. The number of carbonyl (C=O) groups excluding carboxylic acids is 1. The Hall–Kier alpha value is -1.65. The van der Waals surface area contributed by atoms with Gasteiger partial charge in [-0.2, -0.15) is 0 Å². The van der Waals surface area contributed by atoms with E-state index in [1.807, 2.05) is 6.07 Å². The second-order valence-corrected chi connectivity index (χ2v) is 3.28. The highest BCUT2D eigenvalue weighted by Crippen LogP contribution is 2.13. The van der Waals surface area contributed by atoms with E-state index in [1.165, 1.54) is 0 Å². The lowest BCUT2D eigenvalue weighted by Gasteiger charge is -2.09. The molecule has 0 aliphatic heterocycles. The fourth-order valence-corrected chi connectivity index (χ4v) is 1.07. The minimum atomic E-state index is -1.05. The summed E-state index contributed by atoms with van der Waals surface area (Å²) in [5.41, 5.74) is 0.900. The number of aliphatic hydroxyl groups is 2. The number of ether oxygens (including phenoxy) is 1. The van der Waals surface area contributed by atoms with Gasteiger partial charge in [-0.1, -0.05) is 36.9 Å². The Bertz CT molecular complexity index is 359. The molecule has 1 rings (SSSR count). The van der Waals surface area contributed by atoms with E-state index in [2.05, 4.69) is 6.58 Å². The molecule has 0 aliphatic rings. The average molecular weight is 222 g/mol. The summed E-state index contributed by atoms with van der Waals surface area (Å²) < 4.78 is 4.76. The van der Waals surface area contributed by atoms with Crippen molar-refractivity contribution < 1.29 is 19.7 Å². The molecule has 0 fully saturated rings. The third-order valence-corrected chi connectivity index (χ3v) is 1.99. The smallest absolute Gasteiger partial charge is 0.338 e. The third kappa shape index (κ3) is 3.49. The molecule has 0 saturated heterocycles. The first-order chi connectivity index (χ1) is 7.65. The van der Waals surface area contributed by atoms with Gasteiger partial charge in [0.15, 0.2) is 0 Å². The van der Waals surface area contributed by atoms with Crippen molar-refractivity contribution in [2.24, 2.45) is 0 Å². The van der Waals surface area contributed by atoms with Crippen molar-refractivity contribution in [1.29, 1.82) is 0 Å². The van der Waals surface area contributed by atoms with Gasteiger partial charge in [0.2, 0.25) is 0 Å². The van der Waals surface area contributed by atoms with Crippen LogP contribution in [0.5, 0.6) is 0 Å². The second kappa shape index (κ2) is 6.05. The topological polar surface area (TPSA) is 66.8 Å². The Morgan fingerprint density at radius 3 is 2.56 bits per heavy atom. The fourth-order valence-electron chi connectivity index (χ4n) is 1.07. The normalized spacial score (nSPS) is 11.9. The van der Waals surface area contributed by atoms with E-state index in [1.54, 1.807) is 24.3 Å². The Morgan fingerprint density at radius 1 is 1.38 bits per heavy atom. The van der Waals surface area contributed by atoms with E-state index in [0.29, 0.717) is 5.56 Å². The van der Waals surface area contributed by atoms with Gasteiger partial charge in [-0.15, -0.1) is 0 Å². The zero-order valence-corrected chi connectivity index (χ0v) is 8.80. The predicted molar refractivity (Wildman–Crippen MR) is 59.5 cm³/mol. The number of rotatable bonds is 5. The van der Waals surface area contributed by atoms with E-state index in [0.717, 1.165) is 0 Å². The summed E-state index contributed by atoms with van der Waals surface area (Å²) in [6.45, 7) is 2.94. The molecule has 0 heterocycles. The molecule has 0 spiro atoms. The first-order valence-electron chi connectivity index (χ1n) is 4.85. The molecule has 86 valence electrons. The monoisotopic (exact) mass is 222 g/mol. The Morgan fingerprint density at radius 2 is 2.00 bits per heavy atom. The molecule has 1 aromatic carbocycles. The highest BCUT2D eigenvalue weighted by Gasteiger charge is 2.12. The minimum Gasteiger partial charge on any atom is -0.459 e. The second-order valence-electron chi connectivity index (χ2n) is 3.28. The summed E-state index contributed by atoms with van der Waals surface area (Å²) in [7, 11) is 0. The lowest BCUT2D eigenvalue weighted by molar-refractivity contribution is -0.140. The summed E-state index contributed by atoms with van der Waals surface area (Å²) in [6, 6.07) is 8.89. The fraction of sp³-hybridized carbons (Fsp3) is 0.250. The van der Waals surface area contributed by atoms with Gasteiger partial charge in [0.1, 0.15) is 12.7 Å². The van der Waals surface area contributed by atoms with E-state index in [4.69, 9.17) is 14.9 Å². The van der Waals surface area contributed by atoms with Crippen LogP contribution >= 0.6 is 0 Å². The number of benzene rings is 1. The lowest BCUT2D eigenvalue weighted by atomic mass is 10.1. The zero-order chi connectivity index (χ0) is 12.0. The van der Waals surface area contributed by atoms with Gasteiger partial charge in [-0.25, -0.2) is 4.79 Å². The lowest BCUT2D eigenvalue weighted by Crippen LogP contribution is -2.22. The van der Waals surface area contributed by atoms with Crippen LogP contribution in [0.1, 0.15) is 5.56 Å². The van der Waals surface area contributed by atoms with E-state index in [-0.39, 0.29) is 12.2 Å². The summed E-state index contributed by atoms with van der Waals surface area (Å²) in [5.74, 6) is -0.598. The highest BCUT2D eigenvalue weighted by molar-refractivity contribution is 6.15. The number of carbonyl (C=O) groups is 1. The largest absolute Gasteiger partial charge is 0.459 e. The van der Waals surface area contributed by atoms with Crippen molar-refractivity contribution in [3.63, 3.8) is 0 Å². The molecule has 0 aromatic heterocycles. The van der Waals surface area contributed by atoms with Gasteiger partial charge in [-0.05, 0) is 5.56 Å². The SMILES string of the molecule is C=C(C(=O)OCC(O)CO)c1ccccc1. The van der Waals surface area contributed by atoms with Crippen molar-refractivity contribution in [3.05, 3.63) is 42.5 Å². The van der Waals surface area contributed by atoms with E-state index in [9.17, 15) is 4.79 Å². The molecule has 0 bridgehead atoms. The zero-order valence-electron chi connectivity index (χ0n) is 8.80. The molecule has 0 saturated carbocycles. The molecule has 1 atom stereocenters. The van der Waals surface area contributed by atoms with Gasteiger partial charge < -0.3 is 14.9 Å². The van der Waals surface area contributed by atoms with Gasteiger partial charge in [-0.3, -0.25) is 0 Å². The van der Waals surface area contributed by atoms with Crippen LogP contribution in [0.15, 0.2) is 36.9 Å². The molecule has 0 amide bonds. The molecule has 0 radical (unpaired) electrons. The quantitative estimate of drug-likeness (QED) is 0.565. The molecule has 4 heteroatoms. The van der Waals surface area contributed by atoms with E-state index < -0.39 is 18.7 Å². The van der Waals surface area contributed by atoms with Crippen LogP contribution in [-0.4, -0.2) is 35.5 Å². The number of hydrogen-bond donors (Lipinski definition) is 2. The van der Waals surface area contributed by atoms with Gasteiger partial charge in [0, 0.05) is 0 Å². The molecule has 1 aromatic rings. The molecule has 2 N–H and O–H groups in total. The maximum absolute atomic E-state index is 11.4. The van der Waals surface area contributed by atoms with Crippen LogP contribution in [-0.2, 0) is 9.53 Å². The first-order valence-corrected chi connectivity index (χ1v) is 4.85. The van der Waals surface area contributed by atoms with Crippen molar-refractivity contribution in [2.75, 3.05) is 13.2 Å². The molecule has 1 unspecified atom stereocenters. The van der Waals surface area contributed by atoms with Gasteiger partial charge >= 0.3 is 5.97 Å². The standard InChI is InChI=1S/C12H14O4/c1-9(10-5-3-2-4-6-10)12(15)16-8-11(14)7-13/h2-6,11,13-14H,1,7-8H2. The van der Waals surface area contributed by atoms with Crippen LogP contribution in [0.25, 0.3) is 5.57 Å². The number of esters is 1. The van der Waals surface area contributed by atoms with Crippen LogP contribution in [0.3, 0.4) is 0 Å². The van der Waals surface area contributed by atoms with Crippen LogP contribution in [0, 0.1) is 0 Å². The molecule has 0 aliphatic carbocycles. The van der Waals surface area contributed by atoms with Gasteiger partial charge in [0.05, 0.1) is 12.2 Å². The van der Waals surface area contributed by atoms with Crippen molar-refractivity contribution in [2.45, 2.75) is 6.10 Å². The van der Waals surface area contributed by atoms with Gasteiger partial charge in [0.25, 0.3) is 0 Å². The Balaban J connectivity index is 2.52. The van der Waals surface area contributed by atoms with Crippen LogP contribution in [0.4, 0.5) is 0 Å². The maximum Gasteiger partial charge on any atom is 0.338 e. The first kappa shape index (κ1) is 12.4. The number of hydrogen-bond acceptors (Lipinski definition) is 4. The highest BCUT2D eigenvalue weighted by atomic mass is 16.5. The minimum absolute atomic E-state index is 0.228. The predicted octanol–water partition coefficient (Wildman–Crippen LogP) is 0.596.